The van der Waals surface area contributed by atoms with Crippen LogP contribution in [0.15, 0.2) is 66.9 Å². The van der Waals surface area contributed by atoms with E-state index in [9.17, 15) is 31.4 Å². The van der Waals surface area contributed by atoms with Crippen molar-refractivity contribution in [1.82, 2.24) is 15.0 Å². The van der Waals surface area contributed by atoms with Crippen LogP contribution in [0.5, 0.6) is 0 Å². The molecule has 40 heavy (non-hydrogen) atoms. The Morgan fingerprint density at radius 3 is 1.95 bits per heavy atom. The van der Waals surface area contributed by atoms with Gasteiger partial charge in [-0.3, -0.25) is 0 Å². The molecule has 0 amide bonds. The van der Waals surface area contributed by atoms with Crippen LogP contribution in [0.1, 0.15) is 23.6 Å². The third kappa shape index (κ3) is 5.62. The summed E-state index contributed by atoms with van der Waals surface area (Å²) in [5.41, 5.74) is 0.633. The Bertz CT molecular complexity index is 1370. The summed E-state index contributed by atoms with van der Waals surface area (Å²) in [6.45, 7) is 3.63. The molecule has 0 bridgehead atoms. The lowest BCUT2D eigenvalue weighted by Gasteiger charge is -2.40. The Kier molecular flexibility index (Phi) is 7.21. The van der Waals surface area contributed by atoms with Crippen molar-refractivity contribution < 1.29 is 31.4 Å². The van der Waals surface area contributed by atoms with Crippen molar-refractivity contribution in [3.05, 3.63) is 83.6 Å². The number of hydrogen-bond donors (Lipinski definition) is 2. The fourth-order valence-electron chi connectivity index (χ4n) is 4.74. The number of anilines is 2. The molecule has 5 rings (SSSR count). The quantitative estimate of drug-likeness (QED) is 0.277. The fourth-order valence-corrected chi connectivity index (χ4v) is 4.74. The number of aliphatic hydroxyl groups excluding tert-OH is 1. The number of alkyl halides is 6. The minimum Gasteiger partial charge on any atom is -0.392 e. The fraction of sp³-hybridized carbons (Fsp3) is 0.286. The van der Waals surface area contributed by atoms with E-state index in [4.69, 9.17) is 4.98 Å². The Morgan fingerprint density at radius 2 is 1.45 bits per heavy atom. The molecule has 6 nitrogen and oxygen atoms in total. The van der Waals surface area contributed by atoms with Crippen LogP contribution in [0.3, 0.4) is 0 Å². The van der Waals surface area contributed by atoms with E-state index < -0.39 is 23.5 Å². The molecule has 0 saturated carbocycles. The first-order valence-corrected chi connectivity index (χ1v) is 12.5. The molecule has 0 aliphatic carbocycles. The molecule has 1 aliphatic heterocycles. The Morgan fingerprint density at radius 1 is 0.850 bits per heavy atom. The van der Waals surface area contributed by atoms with Crippen LogP contribution in [-0.4, -0.2) is 45.7 Å². The smallest absolute Gasteiger partial charge is 0.392 e. The summed E-state index contributed by atoms with van der Waals surface area (Å²) in [5.74, 6) is 1.22. The number of halogens is 6. The van der Waals surface area contributed by atoms with E-state index in [1.165, 1.54) is 24.3 Å². The summed E-state index contributed by atoms with van der Waals surface area (Å²) in [5, 5.41) is 9.26. The number of piperazine rings is 1. The molecule has 3 heterocycles. The van der Waals surface area contributed by atoms with Crippen molar-refractivity contribution in [1.29, 1.82) is 0 Å². The second-order valence-corrected chi connectivity index (χ2v) is 9.61. The van der Waals surface area contributed by atoms with Gasteiger partial charge in [0, 0.05) is 43.0 Å². The highest BCUT2D eigenvalue weighted by molar-refractivity contribution is 5.80. The largest absolute Gasteiger partial charge is 0.416 e. The van der Waals surface area contributed by atoms with Crippen LogP contribution in [0.4, 0.5) is 38.1 Å². The van der Waals surface area contributed by atoms with E-state index in [1.807, 2.05) is 17.9 Å². The molecule has 2 N–H and O–H groups in total. The zero-order valence-electron chi connectivity index (χ0n) is 21.3. The van der Waals surface area contributed by atoms with Gasteiger partial charge >= 0.3 is 12.4 Å². The standard InChI is InChI=1S/C28H25F6N5O/c1-17-15-38(23-11-2-18(16-40)14-35-23)12-13-39(17)26-36-24(19-3-7-21(8-4-19)27(29,30)31)25(37-26)20-5-9-22(10-6-20)28(32,33)34/h2-11,14,17,40H,12-13,15-16H2,1H3,(H,36,37)/t17-/m1/s1. The topological polar surface area (TPSA) is 68.3 Å². The first-order valence-electron chi connectivity index (χ1n) is 12.5. The second-order valence-electron chi connectivity index (χ2n) is 9.61. The number of aromatic nitrogens is 3. The van der Waals surface area contributed by atoms with Gasteiger partial charge in [0.2, 0.25) is 5.95 Å². The Hall–Kier alpha value is -4.06. The van der Waals surface area contributed by atoms with Crippen LogP contribution in [0, 0.1) is 0 Å². The van der Waals surface area contributed by atoms with Crippen molar-refractivity contribution >= 4 is 11.8 Å². The van der Waals surface area contributed by atoms with Crippen LogP contribution in [-0.2, 0) is 19.0 Å². The number of benzene rings is 2. The van der Waals surface area contributed by atoms with Gasteiger partial charge in [-0.05, 0) is 42.8 Å². The van der Waals surface area contributed by atoms with E-state index in [-0.39, 0.29) is 12.6 Å². The lowest BCUT2D eigenvalue weighted by atomic mass is 10.0. The molecule has 12 heteroatoms. The zero-order chi connectivity index (χ0) is 28.7. The van der Waals surface area contributed by atoms with Gasteiger partial charge in [0.25, 0.3) is 0 Å². The molecule has 210 valence electrons. The van der Waals surface area contributed by atoms with E-state index in [0.717, 1.165) is 30.1 Å². The number of hydrogen-bond acceptors (Lipinski definition) is 5. The number of imidazole rings is 1. The van der Waals surface area contributed by atoms with Crippen LogP contribution >= 0.6 is 0 Å². The Labute approximate surface area is 225 Å². The molecule has 1 fully saturated rings. The molecule has 0 radical (unpaired) electrons. The summed E-state index contributed by atoms with van der Waals surface area (Å²) < 4.78 is 78.9. The van der Waals surface area contributed by atoms with Crippen molar-refractivity contribution in [3.63, 3.8) is 0 Å². The highest BCUT2D eigenvalue weighted by Gasteiger charge is 2.32. The lowest BCUT2D eigenvalue weighted by Crippen LogP contribution is -2.52. The number of nitrogens with zero attached hydrogens (tertiary/aromatic N) is 4. The Balaban J connectivity index is 1.47. The van der Waals surface area contributed by atoms with Crippen molar-refractivity contribution in [3.8, 4) is 22.5 Å². The number of aliphatic hydroxyl groups is 1. The molecular weight excluding hydrogens is 536 g/mol. The van der Waals surface area contributed by atoms with Gasteiger partial charge in [0.1, 0.15) is 5.82 Å². The summed E-state index contributed by atoms with van der Waals surface area (Å²) >= 11 is 0. The van der Waals surface area contributed by atoms with Gasteiger partial charge in [0.05, 0.1) is 29.1 Å². The maximum absolute atomic E-state index is 13.1. The molecule has 1 atom stereocenters. The summed E-state index contributed by atoms with van der Waals surface area (Å²) in [7, 11) is 0. The third-order valence-corrected chi connectivity index (χ3v) is 6.89. The molecule has 0 spiro atoms. The third-order valence-electron chi connectivity index (χ3n) is 6.89. The molecule has 1 saturated heterocycles. The van der Waals surface area contributed by atoms with Gasteiger partial charge in [0.15, 0.2) is 0 Å². The van der Waals surface area contributed by atoms with Crippen LogP contribution < -0.4 is 9.80 Å². The van der Waals surface area contributed by atoms with E-state index in [2.05, 4.69) is 14.9 Å². The molecule has 2 aromatic carbocycles. The predicted molar refractivity (Wildman–Crippen MR) is 139 cm³/mol. The first-order chi connectivity index (χ1) is 18.9. The van der Waals surface area contributed by atoms with E-state index >= 15 is 0 Å². The lowest BCUT2D eigenvalue weighted by molar-refractivity contribution is -0.138. The van der Waals surface area contributed by atoms with Crippen molar-refractivity contribution in [2.75, 3.05) is 29.4 Å². The maximum Gasteiger partial charge on any atom is 0.416 e. The van der Waals surface area contributed by atoms with Gasteiger partial charge < -0.3 is 19.9 Å². The number of pyridine rings is 1. The normalized spacial score (nSPS) is 16.4. The minimum absolute atomic E-state index is 0.0554. The summed E-state index contributed by atoms with van der Waals surface area (Å²) in [4.78, 5) is 16.5. The van der Waals surface area contributed by atoms with Crippen LogP contribution in [0.25, 0.3) is 22.5 Å². The van der Waals surface area contributed by atoms with E-state index in [1.54, 1.807) is 12.3 Å². The highest BCUT2D eigenvalue weighted by Crippen LogP contribution is 2.37. The van der Waals surface area contributed by atoms with Crippen molar-refractivity contribution in [2.24, 2.45) is 0 Å². The average Bonchev–Trinajstić information content (AvgIpc) is 3.37. The van der Waals surface area contributed by atoms with Gasteiger partial charge in [-0.15, -0.1) is 0 Å². The second kappa shape index (κ2) is 10.5. The monoisotopic (exact) mass is 561 g/mol. The highest BCUT2D eigenvalue weighted by atomic mass is 19.4. The van der Waals surface area contributed by atoms with Gasteiger partial charge in [-0.1, -0.05) is 30.3 Å². The zero-order valence-corrected chi connectivity index (χ0v) is 21.3. The predicted octanol–water partition coefficient (Wildman–Crippen LogP) is 6.38. The number of H-pyrrole nitrogens is 1. The van der Waals surface area contributed by atoms with Crippen molar-refractivity contribution in [2.45, 2.75) is 31.9 Å². The molecule has 0 unspecified atom stereocenters. The molecule has 2 aromatic heterocycles. The van der Waals surface area contributed by atoms with Gasteiger partial charge in [-0.25, -0.2) is 9.97 Å². The molecule has 4 aromatic rings. The molecule has 1 aliphatic rings. The SMILES string of the molecule is C[C@@H]1CN(c2ccc(CO)cn2)CCN1c1nc(-c2ccc(C(F)(F)F)cc2)c(-c2ccc(C(F)(F)F)cc2)[nH]1. The number of aromatic amines is 1. The number of rotatable bonds is 5. The molecular formula is C28H25F6N5O. The van der Waals surface area contributed by atoms with E-state index in [0.29, 0.717) is 53.7 Å². The van der Waals surface area contributed by atoms with Crippen LogP contribution in [0.2, 0.25) is 0 Å². The number of nitrogens with one attached hydrogen (secondary N) is 1. The maximum atomic E-state index is 13.1. The minimum atomic E-state index is -4.51. The first kappa shape index (κ1) is 27.5. The summed E-state index contributed by atoms with van der Waals surface area (Å²) in [6.07, 6.45) is -7.39. The average molecular weight is 562 g/mol. The summed E-state index contributed by atoms with van der Waals surface area (Å²) in [6, 6.07) is 12.7. The van der Waals surface area contributed by atoms with Gasteiger partial charge in [-0.2, -0.15) is 26.3 Å².